The molecule has 0 unspecified atom stereocenters. The maximum atomic E-state index is 14.9. The van der Waals surface area contributed by atoms with Crippen molar-refractivity contribution < 1.29 is 37.0 Å². The first-order chi connectivity index (χ1) is 23.5. The van der Waals surface area contributed by atoms with E-state index in [-0.39, 0.29) is 19.4 Å². The van der Waals surface area contributed by atoms with Crippen LogP contribution in [-0.2, 0) is 24.8 Å². The topological polar surface area (TPSA) is 86.3 Å². The largest absolute Gasteiger partial charge is 0.544 e. The Morgan fingerprint density at radius 1 is 0.898 bits per heavy atom. The summed E-state index contributed by atoms with van der Waals surface area (Å²) in [5.41, 5.74) is 2.72. The van der Waals surface area contributed by atoms with Crippen LogP contribution in [0.15, 0.2) is 103 Å². The first-order valence-corrected chi connectivity index (χ1v) is 19.8. The lowest BCUT2D eigenvalue weighted by Gasteiger charge is -2.35. The normalized spacial score (nSPS) is 18.5. The summed E-state index contributed by atoms with van der Waals surface area (Å²) in [5.74, 6) is -2.64. The zero-order valence-electron chi connectivity index (χ0n) is 27.7. The molecule has 2 aliphatic rings. The molecule has 0 saturated carbocycles. The van der Waals surface area contributed by atoms with Gasteiger partial charge in [0.25, 0.3) is 0 Å². The molecule has 2 amide bonds. The molecule has 1 N–H and O–H groups in total. The maximum Gasteiger partial charge on any atom is 0.417 e. The molecule has 0 radical (unpaired) electrons. The van der Waals surface area contributed by atoms with Crippen LogP contribution in [-0.4, -0.2) is 45.0 Å². The number of carbonyl (C=O) groups is 2. The number of benzene rings is 4. The van der Waals surface area contributed by atoms with Crippen molar-refractivity contribution in [2.24, 2.45) is 5.92 Å². The van der Waals surface area contributed by atoms with E-state index in [1.807, 2.05) is 54.6 Å². The lowest BCUT2D eigenvalue weighted by molar-refractivity contribution is -0.174. The zero-order valence-corrected chi connectivity index (χ0v) is 28.7. The molecular weight excluding hydrogens is 647 g/mol. The number of anilines is 1. The quantitative estimate of drug-likeness (QED) is 0.150. The minimum Gasteiger partial charge on any atom is -0.544 e. The molecule has 0 aromatic heterocycles. The van der Waals surface area contributed by atoms with Crippen LogP contribution in [0, 0.1) is 17.6 Å². The van der Waals surface area contributed by atoms with Crippen molar-refractivity contribution in [3.05, 3.63) is 131 Å². The van der Waals surface area contributed by atoms with Crippen LogP contribution in [0.1, 0.15) is 41.6 Å². The lowest BCUT2D eigenvalue weighted by atomic mass is 9.84. The summed E-state index contributed by atoms with van der Waals surface area (Å²) in [6, 6.07) is 27.3. The van der Waals surface area contributed by atoms with Gasteiger partial charge >= 0.3 is 6.09 Å². The summed E-state index contributed by atoms with van der Waals surface area (Å²) >= 11 is 0. The number of ether oxygens (including phenoxy) is 3. The SMILES string of the molecule is C[Si](C)(C)Oc1ccc([C@H](Nc2ccc(F)cc2)[C@H](CCC2(c3ccc(F)cc3)OCCO2)C(=O)N2C(=O)OC[C@@H]2c2ccccc2)cc1. The van der Waals surface area contributed by atoms with Crippen molar-refractivity contribution in [3.63, 3.8) is 0 Å². The Hall–Kier alpha value is -4.58. The van der Waals surface area contributed by atoms with Crippen LogP contribution in [0.5, 0.6) is 5.75 Å². The molecule has 2 saturated heterocycles. The monoisotopic (exact) mass is 686 g/mol. The van der Waals surface area contributed by atoms with E-state index in [9.17, 15) is 18.4 Å². The summed E-state index contributed by atoms with van der Waals surface area (Å²) in [6.45, 7) is 6.94. The molecule has 4 aromatic carbocycles. The van der Waals surface area contributed by atoms with Gasteiger partial charge in [-0.1, -0.05) is 54.6 Å². The van der Waals surface area contributed by atoms with E-state index in [0.29, 0.717) is 30.2 Å². The minimum atomic E-state index is -1.90. The molecule has 2 fully saturated rings. The van der Waals surface area contributed by atoms with Gasteiger partial charge in [0.2, 0.25) is 14.2 Å². The van der Waals surface area contributed by atoms with E-state index in [1.165, 1.54) is 29.2 Å². The third-order valence-corrected chi connectivity index (χ3v) is 9.51. The first kappa shape index (κ1) is 34.3. The molecule has 3 atom stereocenters. The maximum absolute atomic E-state index is 14.9. The van der Waals surface area contributed by atoms with Gasteiger partial charge < -0.3 is 24.0 Å². The fourth-order valence-electron chi connectivity index (χ4n) is 6.40. The van der Waals surface area contributed by atoms with E-state index in [2.05, 4.69) is 25.0 Å². The highest BCUT2D eigenvalue weighted by atomic mass is 28.4. The fourth-order valence-corrected chi connectivity index (χ4v) is 7.24. The molecule has 256 valence electrons. The van der Waals surface area contributed by atoms with Crippen LogP contribution < -0.4 is 9.74 Å². The molecule has 0 aliphatic carbocycles. The predicted octanol–water partition coefficient (Wildman–Crippen LogP) is 8.35. The molecule has 2 aliphatic heterocycles. The van der Waals surface area contributed by atoms with Crippen molar-refractivity contribution in [1.82, 2.24) is 4.90 Å². The Bertz CT molecular complexity index is 1730. The number of cyclic esters (lactones) is 1. The second-order valence-corrected chi connectivity index (χ2v) is 17.7. The number of nitrogens with zero attached hydrogens (tertiary/aromatic N) is 1. The summed E-state index contributed by atoms with van der Waals surface area (Å²) in [7, 11) is -1.90. The van der Waals surface area contributed by atoms with Crippen LogP contribution >= 0.6 is 0 Å². The Morgan fingerprint density at radius 3 is 2.12 bits per heavy atom. The van der Waals surface area contributed by atoms with Crippen LogP contribution in [0.4, 0.5) is 19.3 Å². The van der Waals surface area contributed by atoms with Gasteiger partial charge in [0.1, 0.15) is 30.0 Å². The number of hydrogen-bond donors (Lipinski definition) is 1. The van der Waals surface area contributed by atoms with Gasteiger partial charge in [-0.2, -0.15) is 0 Å². The summed E-state index contributed by atoms with van der Waals surface area (Å²) in [4.78, 5) is 29.5. The highest BCUT2D eigenvalue weighted by molar-refractivity contribution is 6.70. The average Bonchev–Trinajstić information content (AvgIpc) is 3.73. The molecule has 6 rings (SSSR count). The molecular formula is C38H40F2N2O6Si. The second kappa shape index (κ2) is 14.5. The minimum absolute atomic E-state index is 0.0197. The summed E-state index contributed by atoms with van der Waals surface area (Å²) in [5, 5.41) is 3.47. The fraction of sp³-hybridized carbons (Fsp3) is 0.316. The molecule has 0 bridgehead atoms. The van der Waals surface area contributed by atoms with E-state index in [4.69, 9.17) is 18.6 Å². The number of hydrogen-bond acceptors (Lipinski definition) is 7. The van der Waals surface area contributed by atoms with Crippen LogP contribution in [0.3, 0.4) is 0 Å². The van der Waals surface area contributed by atoms with Gasteiger partial charge in [-0.15, -0.1) is 0 Å². The summed E-state index contributed by atoms with van der Waals surface area (Å²) in [6.07, 6.45) is -0.329. The van der Waals surface area contributed by atoms with Gasteiger partial charge in [0.15, 0.2) is 5.79 Å². The second-order valence-electron chi connectivity index (χ2n) is 13.2. The van der Waals surface area contributed by atoms with Crippen LogP contribution in [0.2, 0.25) is 19.6 Å². The molecule has 8 nitrogen and oxygen atoms in total. The number of halogens is 2. The van der Waals surface area contributed by atoms with Gasteiger partial charge in [0, 0.05) is 17.7 Å². The number of rotatable bonds is 12. The number of amides is 2. The van der Waals surface area contributed by atoms with E-state index >= 15 is 0 Å². The number of carbonyl (C=O) groups excluding carboxylic acids is 2. The predicted molar refractivity (Wildman–Crippen MR) is 183 cm³/mol. The molecule has 4 aromatic rings. The smallest absolute Gasteiger partial charge is 0.417 e. The highest BCUT2D eigenvalue weighted by Gasteiger charge is 2.46. The van der Waals surface area contributed by atoms with E-state index in [1.54, 1.807) is 24.3 Å². The molecule has 11 heteroatoms. The Kier molecular flexibility index (Phi) is 10.1. The first-order valence-electron chi connectivity index (χ1n) is 16.4. The van der Waals surface area contributed by atoms with Crippen LogP contribution in [0.25, 0.3) is 0 Å². The Morgan fingerprint density at radius 2 is 1.51 bits per heavy atom. The standard InChI is InChI=1S/C38H40F2N2O6Si/c1-49(2,3)48-32-19-9-27(10-20-32)35(41-31-17-15-30(40)16-18-31)33(21-22-38(46-23-24-47-38)28-11-13-29(39)14-12-28)36(43)42-34(25-45-37(42)44)26-7-5-4-6-8-26/h4-20,33-35,41H,21-25H2,1-3H3/t33-,34+,35-/m0/s1. The lowest BCUT2D eigenvalue weighted by Crippen LogP contribution is -2.43. The third-order valence-electron chi connectivity index (χ3n) is 8.67. The third kappa shape index (κ3) is 8.01. The number of nitrogens with one attached hydrogen (secondary N) is 1. The van der Waals surface area contributed by atoms with Gasteiger partial charge in [-0.05, 0) is 85.7 Å². The molecule has 49 heavy (non-hydrogen) atoms. The van der Waals surface area contributed by atoms with Crippen molar-refractivity contribution >= 4 is 26.0 Å². The molecule has 2 heterocycles. The summed E-state index contributed by atoms with van der Waals surface area (Å²) < 4.78 is 51.9. The van der Waals surface area contributed by atoms with Gasteiger partial charge in [-0.25, -0.2) is 18.5 Å². The van der Waals surface area contributed by atoms with E-state index < -0.39 is 55.7 Å². The zero-order chi connectivity index (χ0) is 34.6. The highest BCUT2D eigenvalue weighted by Crippen LogP contribution is 2.42. The van der Waals surface area contributed by atoms with Gasteiger partial charge in [0.05, 0.1) is 25.2 Å². The van der Waals surface area contributed by atoms with Gasteiger partial charge in [-0.3, -0.25) is 4.79 Å². The Balaban J connectivity index is 1.42. The van der Waals surface area contributed by atoms with E-state index in [0.717, 1.165) is 11.1 Å². The van der Waals surface area contributed by atoms with Crippen molar-refractivity contribution in [1.29, 1.82) is 0 Å². The van der Waals surface area contributed by atoms with Crippen molar-refractivity contribution in [2.75, 3.05) is 25.1 Å². The van der Waals surface area contributed by atoms with Crippen molar-refractivity contribution in [3.8, 4) is 5.75 Å². The number of imide groups is 1. The average molecular weight is 687 g/mol. The Labute approximate surface area is 286 Å². The van der Waals surface area contributed by atoms with Crippen molar-refractivity contribution in [2.45, 2.75) is 50.4 Å². The molecule has 0 spiro atoms.